The van der Waals surface area contributed by atoms with Crippen molar-refractivity contribution in [3.05, 3.63) is 5.82 Å². The summed E-state index contributed by atoms with van der Waals surface area (Å²) >= 11 is 1.37. The van der Waals surface area contributed by atoms with E-state index >= 15 is 0 Å². The van der Waals surface area contributed by atoms with E-state index in [-0.39, 0.29) is 12.1 Å². The fraction of sp³-hybridized carbons (Fsp3) is 0.800. The van der Waals surface area contributed by atoms with E-state index in [0.717, 1.165) is 18.7 Å². The second-order valence-electron chi connectivity index (χ2n) is 4.44. The summed E-state index contributed by atoms with van der Waals surface area (Å²) in [5.74, 6) is 1.58. The summed E-state index contributed by atoms with van der Waals surface area (Å²) in [6.45, 7) is 0. The average molecular weight is 225 g/mol. The lowest BCUT2D eigenvalue weighted by molar-refractivity contribution is 0.190. The summed E-state index contributed by atoms with van der Waals surface area (Å²) < 4.78 is 10.1. The van der Waals surface area contributed by atoms with Crippen LogP contribution in [0.4, 0.5) is 0 Å². The lowest BCUT2D eigenvalue weighted by Crippen LogP contribution is -2.33. The molecule has 3 rings (SSSR count). The number of rotatable bonds is 3. The number of hydrogen-bond donors (Lipinski definition) is 1. The summed E-state index contributed by atoms with van der Waals surface area (Å²) in [5.41, 5.74) is 5.94. The first-order valence-corrected chi connectivity index (χ1v) is 6.36. The molecule has 2 atom stereocenters. The molecule has 2 aliphatic carbocycles. The quantitative estimate of drug-likeness (QED) is 0.850. The molecule has 0 amide bonds. The van der Waals surface area contributed by atoms with E-state index in [2.05, 4.69) is 9.36 Å². The van der Waals surface area contributed by atoms with Gasteiger partial charge < -0.3 is 10.5 Å². The van der Waals surface area contributed by atoms with Gasteiger partial charge in [-0.05, 0) is 32.1 Å². The van der Waals surface area contributed by atoms with Gasteiger partial charge in [-0.1, -0.05) is 0 Å². The van der Waals surface area contributed by atoms with E-state index in [4.69, 9.17) is 10.5 Å². The molecule has 0 saturated heterocycles. The molecule has 2 N–H and O–H groups in total. The van der Waals surface area contributed by atoms with Gasteiger partial charge in [-0.25, -0.2) is 0 Å². The molecule has 4 nitrogen and oxygen atoms in total. The van der Waals surface area contributed by atoms with Crippen molar-refractivity contribution in [2.45, 2.75) is 50.2 Å². The van der Waals surface area contributed by atoms with Crippen LogP contribution in [0.5, 0.6) is 5.19 Å². The van der Waals surface area contributed by atoms with Gasteiger partial charge >= 0.3 is 0 Å². The Balaban J connectivity index is 1.65. The second-order valence-corrected chi connectivity index (χ2v) is 5.16. The molecule has 0 bridgehead atoms. The topological polar surface area (TPSA) is 61.0 Å². The van der Waals surface area contributed by atoms with Crippen molar-refractivity contribution in [1.82, 2.24) is 9.36 Å². The Bertz CT molecular complexity index is 350. The summed E-state index contributed by atoms with van der Waals surface area (Å²) in [6, 6.07) is 0.179. The highest BCUT2D eigenvalue weighted by atomic mass is 32.1. The molecule has 5 heteroatoms. The molecule has 82 valence electrons. The van der Waals surface area contributed by atoms with Crippen molar-refractivity contribution < 1.29 is 4.74 Å². The van der Waals surface area contributed by atoms with Gasteiger partial charge in [0, 0.05) is 23.5 Å². The van der Waals surface area contributed by atoms with Crippen molar-refractivity contribution in [2.24, 2.45) is 5.73 Å². The third kappa shape index (κ3) is 1.99. The van der Waals surface area contributed by atoms with Crippen LogP contribution in [-0.4, -0.2) is 21.5 Å². The van der Waals surface area contributed by atoms with Gasteiger partial charge in [-0.2, -0.15) is 9.36 Å². The normalized spacial score (nSPS) is 30.7. The van der Waals surface area contributed by atoms with Crippen LogP contribution in [0.3, 0.4) is 0 Å². The van der Waals surface area contributed by atoms with Crippen LogP contribution in [0.25, 0.3) is 0 Å². The number of nitrogens with zero attached hydrogens (tertiary/aromatic N) is 2. The Morgan fingerprint density at radius 1 is 1.27 bits per heavy atom. The molecule has 0 aromatic carbocycles. The van der Waals surface area contributed by atoms with Crippen molar-refractivity contribution >= 4 is 11.5 Å². The smallest absolute Gasteiger partial charge is 0.293 e. The highest BCUT2D eigenvalue weighted by Gasteiger charge is 2.30. The first-order chi connectivity index (χ1) is 7.33. The molecular weight excluding hydrogens is 210 g/mol. The Hall–Kier alpha value is -0.680. The van der Waals surface area contributed by atoms with Crippen molar-refractivity contribution in [3.8, 4) is 5.19 Å². The highest BCUT2D eigenvalue weighted by molar-refractivity contribution is 7.07. The van der Waals surface area contributed by atoms with Crippen LogP contribution in [0.15, 0.2) is 0 Å². The predicted molar refractivity (Wildman–Crippen MR) is 58.1 cm³/mol. The largest absolute Gasteiger partial charge is 0.464 e. The lowest BCUT2D eigenvalue weighted by atomic mass is 10.2. The molecule has 2 unspecified atom stereocenters. The van der Waals surface area contributed by atoms with Crippen LogP contribution in [-0.2, 0) is 0 Å². The van der Waals surface area contributed by atoms with E-state index in [1.54, 1.807) is 0 Å². The number of aromatic nitrogens is 2. The van der Waals surface area contributed by atoms with Crippen molar-refractivity contribution in [3.63, 3.8) is 0 Å². The van der Waals surface area contributed by atoms with Gasteiger partial charge in [0.05, 0.1) is 0 Å². The molecule has 2 fully saturated rings. The molecule has 15 heavy (non-hydrogen) atoms. The number of ether oxygens (including phenoxy) is 1. The Morgan fingerprint density at radius 3 is 2.80 bits per heavy atom. The summed E-state index contributed by atoms with van der Waals surface area (Å²) in [5, 5.41) is 0.708. The summed E-state index contributed by atoms with van der Waals surface area (Å²) in [7, 11) is 0. The van der Waals surface area contributed by atoms with Crippen molar-refractivity contribution in [1.29, 1.82) is 0 Å². The molecule has 0 spiro atoms. The fourth-order valence-corrected chi connectivity index (χ4v) is 2.67. The molecule has 1 aromatic rings. The maximum Gasteiger partial charge on any atom is 0.293 e. The minimum absolute atomic E-state index is 0.157. The van der Waals surface area contributed by atoms with E-state index in [1.165, 1.54) is 30.8 Å². The first kappa shape index (κ1) is 9.54. The highest BCUT2D eigenvalue weighted by Crippen LogP contribution is 2.39. The standard InChI is InChI=1S/C10H15N3OS/c11-7-2-1-3-8(7)14-10-12-9(13-15-10)6-4-5-6/h6-8H,1-5,11H2. The number of hydrogen-bond acceptors (Lipinski definition) is 5. The molecule has 0 aliphatic heterocycles. The molecular formula is C10H15N3OS. The third-order valence-corrected chi connectivity index (χ3v) is 3.74. The van der Waals surface area contributed by atoms with Gasteiger partial charge in [0.2, 0.25) is 0 Å². The zero-order chi connectivity index (χ0) is 10.3. The van der Waals surface area contributed by atoms with Gasteiger partial charge in [0.25, 0.3) is 5.19 Å². The lowest BCUT2D eigenvalue weighted by Gasteiger charge is -2.14. The SMILES string of the molecule is NC1CCCC1Oc1nc(C2CC2)ns1. The summed E-state index contributed by atoms with van der Waals surface area (Å²) in [6.07, 6.45) is 5.92. The molecule has 2 saturated carbocycles. The molecule has 1 aromatic heterocycles. The van der Waals surface area contributed by atoms with Crippen LogP contribution in [0.1, 0.15) is 43.8 Å². The Kier molecular flexibility index (Phi) is 2.36. The molecule has 1 heterocycles. The van der Waals surface area contributed by atoms with E-state index in [1.807, 2.05) is 0 Å². The maximum atomic E-state index is 5.94. The minimum Gasteiger partial charge on any atom is -0.464 e. The van der Waals surface area contributed by atoms with Crippen LogP contribution >= 0.6 is 11.5 Å². The Labute approximate surface area is 93.0 Å². The van der Waals surface area contributed by atoms with Gasteiger partial charge in [0.1, 0.15) is 11.9 Å². The number of nitrogens with two attached hydrogens (primary N) is 1. The Morgan fingerprint density at radius 2 is 2.13 bits per heavy atom. The van der Waals surface area contributed by atoms with Gasteiger partial charge in [-0.15, -0.1) is 0 Å². The van der Waals surface area contributed by atoms with E-state index < -0.39 is 0 Å². The third-order valence-electron chi connectivity index (χ3n) is 3.12. The molecule has 0 radical (unpaired) electrons. The first-order valence-electron chi connectivity index (χ1n) is 5.59. The average Bonchev–Trinajstić information content (AvgIpc) is 2.86. The zero-order valence-electron chi connectivity index (χ0n) is 8.56. The summed E-state index contributed by atoms with van der Waals surface area (Å²) in [4.78, 5) is 4.40. The molecule has 2 aliphatic rings. The van der Waals surface area contributed by atoms with E-state index in [9.17, 15) is 0 Å². The van der Waals surface area contributed by atoms with Gasteiger partial charge in [-0.3, -0.25) is 0 Å². The maximum absolute atomic E-state index is 5.94. The second kappa shape index (κ2) is 3.72. The van der Waals surface area contributed by atoms with Crippen LogP contribution in [0, 0.1) is 0 Å². The van der Waals surface area contributed by atoms with Crippen molar-refractivity contribution in [2.75, 3.05) is 0 Å². The monoisotopic (exact) mass is 225 g/mol. The van der Waals surface area contributed by atoms with E-state index in [0.29, 0.717) is 11.1 Å². The van der Waals surface area contributed by atoms with Crippen LogP contribution in [0.2, 0.25) is 0 Å². The minimum atomic E-state index is 0.157. The predicted octanol–water partition coefficient (Wildman–Crippen LogP) is 1.67. The zero-order valence-corrected chi connectivity index (χ0v) is 9.37. The van der Waals surface area contributed by atoms with Crippen LogP contribution < -0.4 is 10.5 Å². The van der Waals surface area contributed by atoms with Gasteiger partial charge in [0.15, 0.2) is 0 Å². The fourth-order valence-electron chi connectivity index (χ4n) is 2.01.